The van der Waals surface area contributed by atoms with Crippen molar-refractivity contribution in [2.75, 3.05) is 18.9 Å². The van der Waals surface area contributed by atoms with E-state index >= 15 is 0 Å². The Hall–Kier alpha value is -1.07. The van der Waals surface area contributed by atoms with Crippen LogP contribution in [-0.2, 0) is 9.53 Å². The van der Waals surface area contributed by atoms with E-state index in [9.17, 15) is 4.79 Å². The van der Waals surface area contributed by atoms with E-state index in [0.29, 0.717) is 18.9 Å². The summed E-state index contributed by atoms with van der Waals surface area (Å²) in [6, 6.07) is 3.82. The van der Waals surface area contributed by atoms with Gasteiger partial charge in [-0.05, 0) is 24.6 Å². The molecule has 0 aliphatic heterocycles. The molecule has 1 atom stereocenters. The zero-order valence-corrected chi connectivity index (χ0v) is 10.1. The number of nitrogens with two attached hydrogens (primary N) is 1. The molecule has 1 heterocycles. The summed E-state index contributed by atoms with van der Waals surface area (Å²) < 4.78 is 4.86. The van der Waals surface area contributed by atoms with Gasteiger partial charge in [0.05, 0.1) is 12.4 Å². The molecule has 0 saturated heterocycles. The minimum atomic E-state index is -0.194. The lowest BCUT2D eigenvalue weighted by atomic mass is 10.2. The molecule has 0 spiro atoms. The van der Waals surface area contributed by atoms with E-state index in [0.717, 1.165) is 5.56 Å². The third-order valence-electron chi connectivity index (χ3n) is 2.00. The Labute approximate surface area is 99.6 Å². The molecule has 5 heteroatoms. The van der Waals surface area contributed by atoms with Crippen LogP contribution in [0.1, 0.15) is 17.7 Å². The lowest BCUT2D eigenvalue weighted by Crippen LogP contribution is -2.13. The molecule has 1 rings (SSSR count). The molecule has 0 radical (unpaired) electrons. The van der Waals surface area contributed by atoms with Crippen LogP contribution < -0.4 is 5.73 Å². The van der Waals surface area contributed by atoms with Crippen LogP contribution in [0.3, 0.4) is 0 Å². The predicted octanol–water partition coefficient (Wildman–Crippen LogP) is 1.38. The predicted molar refractivity (Wildman–Crippen MR) is 65.1 cm³/mol. The maximum atomic E-state index is 11.2. The van der Waals surface area contributed by atoms with E-state index in [1.54, 1.807) is 19.3 Å². The van der Waals surface area contributed by atoms with E-state index in [-0.39, 0.29) is 11.2 Å². The summed E-state index contributed by atoms with van der Waals surface area (Å²) in [5.74, 6) is 0.137. The van der Waals surface area contributed by atoms with Gasteiger partial charge in [0.15, 0.2) is 0 Å². The van der Waals surface area contributed by atoms with Crippen molar-refractivity contribution in [1.82, 2.24) is 4.98 Å². The van der Waals surface area contributed by atoms with Crippen molar-refractivity contribution in [3.63, 3.8) is 0 Å². The van der Waals surface area contributed by atoms with Crippen molar-refractivity contribution in [2.45, 2.75) is 12.2 Å². The first kappa shape index (κ1) is 13.0. The third kappa shape index (κ3) is 4.20. The maximum Gasteiger partial charge on any atom is 0.315 e. The summed E-state index contributed by atoms with van der Waals surface area (Å²) >= 11 is 1.50. The number of hydrogen-bond acceptors (Lipinski definition) is 5. The van der Waals surface area contributed by atoms with Gasteiger partial charge in [-0.2, -0.15) is 0 Å². The second-order valence-electron chi connectivity index (χ2n) is 3.12. The van der Waals surface area contributed by atoms with Gasteiger partial charge in [-0.15, -0.1) is 11.8 Å². The summed E-state index contributed by atoms with van der Waals surface area (Å²) in [4.78, 5) is 15.1. The van der Waals surface area contributed by atoms with E-state index < -0.39 is 0 Å². The topological polar surface area (TPSA) is 65.2 Å². The molecule has 0 fully saturated rings. The van der Waals surface area contributed by atoms with E-state index in [1.165, 1.54) is 11.8 Å². The summed E-state index contributed by atoms with van der Waals surface area (Å²) in [5, 5.41) is 0.118. The Morgan fingerprint density at radius 1 is 1.56 bits per heavy atom. The Bertz CT molecular complexity index is 319. The Kier molecular flexibility index (Phi) is 5.88. The highest BCUT2D eigenvalue weighted by Crippen LogP contribution is 2.26. The minimum absolute atomic E-state index is 0.118. The molecule has 2 N–H and O–H groups in total. The van der Waals surface area contributed by atoms with Gasteiger partial charge < -0.3 is 10.5 Å². The van der Waals surface area contributed by atoms with Crippen molar-refractivity contribution in [3.8, 4) is 0 Å². The largest absolute Gasteiger partial charge is 0.465 e. The lowest BCUT2D eigenvalue weighted by molar-refractivity contribution is -0.139. The second-order valence-corrected chi connectivity index (χ2v) is 4.31. The van der Waals surface area contributed by atoms with Crippen molar-refractivity contribution in [1.29, 1.82) is 0 Å². The second kappa shape index (κ2) is 7.24. The first-order valence-electron chi connectivity index (χ1n) is 5.15. The van der Waals surface area contributed by atoms with Crippen LogP contribution in [0.5, 0.6) is 0 Å². The molecule has 16 heavy (non-hydrogen) atoms. The number of carbonyl (C=O) groups is 1. The van der Waals surface area contributed by atoms with Crippen LogP contribution in [0, 0.1) is 0 Å². The zero-order valence-electron chi connectivity index (χ0n) is 9.26. The third-order valence-corrected chi connectivity index (χ3v) is 3.27. The van der Waals surface area contributed by atoms with Crippen LogP contribution in [0.25, 0.3) is 0 Å². The molecule has 0 aromatic carbocycles. The van der Waals surface area contributed by atoms with Gasteiger partial charge in [0.2, 0.25) is 0 Å². The Balaban J connectivity index is 2.47. The summed E-state index contributed by atoms with van der Waals surface area (Å²) in [7, 11) is 0. The molecule has 0 aliphatic carbocycles. The van der Waals surface area contributed by atoms with Gasteiger partial charge in [0.1, 0.15) is 0 Å². The highest BCUT2D eigenvalue weighted by atomic mass is 32.2. The van der Waals surface area contributed by atoms with Gasteiger partial charge in [0.25, 0.3) is 0 Å². The number of thioether (sulfide) groups is 1. The molecule has 1 aromatic heterocycles. The van der Waals surface area contributed by atoms with Gasteiger partial charge in [-0.3, -0.25) is 9.78 Å². The van der Waals surface area contributed by atoms with Gasteiger partial charge >= 0.3 is 5.97 Å². The Morgan fingerprint density at radius 3 is 2.81 bits per heavy atom. The fourth-order valence-corrected chi connectivity index (χ4v) is 2.16. The first-order chi connectivity index (χ1) is 7.77. The number of nitrogens with zero attached hydrogens (tertiary/aromatic N) is 1. The molecule has 0 bridgehead atoms. The van der Waals surface area contributed by atoms with Crippen LogP contribution >= 0.6 is 11.8 Å². The fraction of sp³-hybridized carbons (Fsp3) is 0.455. The van der Waals surface area contributed by atoms with Crippen LogP contribution in [0.4, 0.5) is 0 Å². The monoisotopic (exact) mass is 240 g/mol. The number of aromatic nitrogens is 1. The van der Waals surface area contributed by atoms with Crippen LogP contribution in [0.15, 0.2) is 24.5 Å². The zero-order chi connectivity index (χ0) is 11.8. The number of esters is 1. The van der Waals surface area contributed by atoms with E-state index in [1.807, 2.05) is 12.1 Å². The first-order valence-corrected chi connectivity index (χ1v) is 6.20. The average molecular weight is 240 g/mol. The molecule has 4 nitrogen and oxygen atoms in total. The molecular formula is C11H16N2O2S. The van der Waals surface area contributed by atoms with Gasteiger partial charge in [-0.25, -0.2) is 0 Å². The number of ether oxygens (including phenoxy) is 1. The molecule has 0 aliphatic rings. The number of pyridine rings is 1. The molecule has 0 saturated carbocycles. The minimum Gasteiger partial charge on any atom is -0.465 e. The van der Waals surface area contributed by atoms with E-state index in [2.05, 4.69) is 4.98 Å². The SMILES string of the molecule is CCOC(=O)CSC(CN)c1ccncc1. The summed E-state index contributed by atoms with van der Waals surface area (Å²) in [6.07, 6.45) is 3.45. The normalized spacial score (nSPS) is 12.1. The molecular weight excluding hydrogens is 224 g/mol. The van der Waals surface area contributed by atoms with Crippen LogP contribution in [0.2, 0.25) is 0 Å². The van der Waals surface area contributed by atoms with Crippen LogP contribution in [-0.4, -0.2) is 29.9 Å². The van der Waals surface area contributed by atoms with Gasteiger partial charge in [-0.1, -0.05) is 0 Å². The molecule has 1 aromatic rings. The van der Waals surface area contributed by atoms with Crippen molar-refractivity contribution in [3.05, 3.63) is 30.1 Å². The van der Waals surface area contributed by atoms with E-state index in [4.69, 9.17) is 10.5 Å². The smallest absolute Gasteiger partial charge is 0.315 e. The maximum absolute atomic E-state index is 11.2. The number of hydrogen-bond donors (Lipinski definition) is 1. The number of carbonyl (C=O) groups excluding carboxylic acids is 1. The molecule has 1 unspecified atom stereocenters. The average Bonchev–Trinajstić information content (AvgIpc) is 2.31. The van der Waals surface area contributed by atoms with Crippen molar-refractivity contribution in [2.24, 2.45) is 5.73 Å². The lowest BCUT2D eigenvalue weighted by Gasteiger charge is -2.13. The quantitative estimate of drug-likeness (QED) is 0.761. The Morgan fingerprint density at radius 2 is 2.25 bits per heavy atom. The van der Waals surface area contributed by atoms with Gasteiger partial charge in [0, 0.05) is 24.2 Å². The fourth-order valence-electron chi connectivity index (χ4n) is 1.25. The standard InChI is InChI=1S/C11H16N2O2S/c1-2-15-11(14)8-16-10(7-12)9-3-5-13-6-4-9/h3-6,10H,2,7-8,12H2,1H3. The number of rotatable bonds is 6. The van der Waals surface area contributed by atoms with Crippen molar-refractivity contribution < 1.29 is 9.53 Å². The highest BCUT2D eigenvalue weighted by molar-refractivity contribution is 8.00. The molecule has 88 valence electrons. The molecule has 0 amide bonds. The highest BCUT2D eigenvalue weighted by Gasteiger charge is 2.12. The summed E-state index contributed by atoms with van der Waals surface area (Å²) in [6.45, 7) is 2.71. The van der Waals surface area contributed by atoms with Crippen molar-refractivity contribution >= 4 is 17.7 Å². The summed E-state index contributed by atoms with van der Waals surface area (Å²) in [5.41, 5.74) is 6.76.